The van der Waals surface area contributed by atoms with E-state index in [1.165, 1.54) is 5.56 Å². The minimum atomic E-state index is 0.0778. The number of anilines is 1. The molecule has 168 valence electrons. The lowest BCUT2D eigenvalue weighted by molar-refractivity contribution is 0.351. The molecule has 1 N–H and O–H groups in total. The van der Waals surface area contributed by atoms with Crippen molar-refractivity contribution in [2.75, 3.05) is 24.5 Å². The quantitative estimate of drug-likeness (QED) is 0.421. The highest BCUT2D eigenvalue weighted by atomic mass is 35.5. The van der Waals surface area contributed by atoms with Crippen LogP contribution in [0.2, 0.25) is 10.0 Å². The van der Waals surface area contributed by atoms with E-state index in [0.717, 1.165) is 55.2 Å². The summed E-state index contributed by atoms with van der Waals surface area (Å²) < 4.78 is 6.21. The molecule has 0 unspecified atom stereocenters. The van der Waals surface area contributed by atoms with Crippen molar-refractivity contribution >= 4 is 29.0 Å². The second kappa shape index (κ2) is 9.70. The topological polar surface area (TPSA) is 37.4 Å². The lowest BCUT2D eigenvalue weighted by Gasteiger charge is -2.39. The van der Waals surface area contributed by atoms with Gasteiger partial charge in [0, 0.05) is 35.2 Å². The Bertz CT molecular complexity index is 1060. The van der Waals surface area contributed by atoms with Crippen LogP contribution in [0.15, 0.2) is 54.7 Å². The van der Waals surface area contributed by atoms with Crippen LogP contribution in [-0.4, -0.2) is 30.2 Å². The molecule has 2 heterocycles. The van der Waals surface area contributed by atoms with Gasteiger partial charge >= 0.3 is 0 Å². The Labute approximate surface area is 200 Å². The molecule has 0 saturated carbocycles. The van der Waals surface area contributed by atoms with Crippen LogP contribution in [0, 0.1) is 0 Å². The Morgan fingerprint density at radius 1 is 1.00 bits per heavy atom. The molecule has 1 saturated heterocycles. The summed E-state index contributed by atoms with van der Waals surface area (Å²) in [6, 6.07) is 15.9. The minimum Gasteiger partial charge on any atom is -0.456 e. The molecular weight excluding hydrogens is 441 g/mol. The zero-order chi connectivity index (χ0) is 22.7. The molecular formula is C26H29Cl2N3O. The lowest BCUT2D eigenvalue weighted by Crippen LogP contribution is -2.57. The van der Waals surface area contributed by atoms with E-state index in [0.29, 0.717) is 15.8 Å². The minimum absolute atomic E-state index is 0.0778. The van der Waals surface area contributed by atoms with Gasteiger partial charge in [-0.05, 0) is 79.4 Å². The number of hydrogen-bond acceptors (Lipinski definition) is 4. The molecule has 0 amide bonds. The molecule has 1 aromatic heterocycles. The predicted molar refractivity (Wildman–Crippen MR) is 134 cm³/mol. The molecule has 4 rings (SSSR count). The lowest BCUT2D eigenvalue weighted by atomic mass is 10.0. The first-order valence-corrected chi connectivity index (χ1v) is 11.8. The van der Waals surface area contributed by atoms with Crippen LogP contribution in [0.25, 0.3) is 11.1 Å². The Morgan fingerprint density at radius 2 is 1.75 bits per heavy atom. The van der Waals surface area contributed by atoms with E-state index >= 15 is 0 Å². The highest BCUT2D eigenvalue weighted by Crippen LogP contribution is 2.33. The molecule has 2 aromatic carbocycles. The Kier molecular flexibility index (Phi) is 6.94. The number of rotatable bonds is 6. The predicted octanol–water partition coefficient (Wildman–Crippen LogP) is 6.99. The van der Waals surface area contributed by atoms with E-state index in [1.807, 2.05) is 30.3 Å². The number of ether oxygens (including phenoxy) is 1. The zero-order valence-corrected chi connectivity index (χ0v) is 20.3. The average Bonchev–Trinajstić information content (AvgIpc) is 2.73. The highest BCUT2D eigenvalue weighted by Gasteiger charge is 2.26. The molecule has 6 heteroatoms. The largest absolute Gasteiger partial charge is 0.456 e. The van der Waals surface area contributed by atoms with Crippen LogP contribution in [0.5, 0.6) is 11.5 Å². The zero-order valence-electron chi connectivity index (χ0n) is 18.8. The molecule has 4 nitrogen and oxygen atoms in total. The summed E-state index contributed by atoms with van der Waals surface area (Å²) in [7, 11) is 0. The van der Waals surface area contributed by atoms with Crippen molar-refractivity contribution < 1.29 is 4.74 Å². The van der Waals surface area contributed by atoms with Crippen molar-refractivity contribution in [2.24, 2.45) is 0 Å². The Hall–Kier alpha value is -2.27. The third-order valence-corrected chi connectivity index (χ3v) is 5.99. The smallest absolute Gasteiger partial charge is 0.145 e. The highest BCUT2D eigenvalue weighted by molar-refractivity contribution is 6.35. The molecule has 3 aromatic rings. The maximum atomic E-state index is 6.24. The van der Waals surface area contributed by atoms with E-state index in [-0.39, 0.29) is 5.54 Å². The second-order valence-corrected chi connectivity index (χ2v) is 9.83. The molecule has 1 aliphatic rings. The Morgan fingerprint density at radius 3 is 2.41 bits per heavy atom. The van der Waals surface area contributed by atoms with Gasteiger partial charge in [0.1, 0.15) is 17.3 Å². The van der Waals surface area contributed by atoms with Gasteiger partial charge in [0.15, 0.2) is 0 Å². The number of nitrogens with zero attached hydrogens (tertiary/aromatic N) is 2. The molecule has 32 heavy (non-hydrogen) atoms. The van der Waals surface area contributed by atoms with Crippen LogP contribution < -0.4 is 15.0 Å². The summed E-state index contributed by atoms with van der Waals surface area (Å²) in [6.07, 6.45) is 3.82. The first kappa shape index (κ1) is 22.9. The summed E-state index contributed by atoms with van der Waals surface area (Å²) in [4.78, 5) is 6.97. The van der Waals surface area contributed by atoms with Crippen LogP contribution in [0.4, 0.5) is 5.82 Å². The third-order valence-electron chi connectivity index (χ3n) is 5.55. The summed E-state index contributed by atoms with van der Waals surface area (Å²) in [6.45, 7) is 9.41. The van der Waals surface area contributed by atoms with E-state index < -0.39 is 0 Å². The van der Waals surface area contributed by atoms with Gasteiger partial charge in [-0.15, -0.1) is 0 Å². The summed E-state index contributed by atoms with van der Waals surface area (Å²) in [5.74, 6) is 2.47. The fraction of sp³-hybridized carbons (Fsp3) is 0.346. The number of benzene rings is 2. The molecule has 0 spiro atoms. The van der Waals surface area contributed by atoms with Crippen LogP contribution in [0.3, 0.4) is 0 Å². The van der Waals surface area contributed by atoms with Crippen molar-refractivity contribution in [3.8, 4) is 22.6 Å². The van der Waals surface area contributed by atoms with Gasteiger partial charge < -0.3 is 15.0 Å². The normalized spacial score (nSPS) is 15.6. The maximum Gasteiger partial charge on any atom is 0.145 e. The van der Waals surface area contributed by atoms with Gasteiger partial charge in [0.05, 0.1) is 6.20 Å². The van der Waals surface area contributed by atoms with Gasteiger partial charge in [-0.3, -0.25) is 0 Å². The van der Waals surface area contributed by atoms with Crippen LogP contribution >= 0.6 is 23.2 Å². The molecule has 0 aliphatic carbocycles. The van der Waals surface area contributed by atoms with Gasteiger partial charge in [-0.2, -0.15) is 0 Å². The number of piperazine rings is 1. The number of nitrogens with one attached hydrogen (secondary N) is 1. The van der Waals surface area contributed by atoms with E-state index in [1.54, 1.807) is 12.3 Å². The summed E-state index contributed by atoms with van der Waals surface area (Å²) in [5, 5.41) is 4.77. The molecule has 0 radical (unpaired) electrons. The van der Waals surface area contributed by atoms with E-state index in [4.69, 9.17) is 27.9 Å². The standard InChI is InChI=1S/C26H29Cl2N3O/c1-4-5-18-10-19(20-12-21(27)15-22(28)13-20)14-24(11-18)32-23-6-7-25(29-16-23)31-9-8-30-26(2,3)17-31/h6-7,10-16,30H,4-5,8-9,17H2,1-3H3. The molecule has 0 bridgehead atoms. The second-order valence-electron chi connectivity index (χ2n) is 8.96. The van der Waals surface area contributed by atoms with Crippen molar-refractivity contribution in [1.29, 1.82) is 0 Å². The fourth-order valence-electron chi connectivity index (χ4n) is 4.13. The third kappa shape index (κ3) is 5.74. The first-order valence-electron chi connectivity index (χ1n) is 11.1. The van der Waals surface area contributed by atoms with Gasteiger partial charge in [0.25, 0.3) is 0 Å². The number of aryl methyl sites for hydroxylation is 1. The number of halogens is 2. The van der Waals surface area contributed by atoms with Crippen molar-refractivity contribution in [2.45, 2.75) is 39.2 Å². The van der Waals surface area contributed by atoms with Crippen molar-refractivity contribution in [3.63, 3.8) is 0 Å². The van der Waals surface area contributed by atoms with Crippen molar-refractivity contribution in [1.82, 2.24) is 10.3 Å². The van der Waals surface area contributed by atoms with Crippen molar-refractivity contribution in [3.05, 3.63) is 70.3 Å². The van der Waals surface area contributed by atoms with Crippen LogP contribution in [0.1, 0.15) is 32.8 Å². The molecule has 1 fully saturated rings. The van der Waals surface area contributed by atoms with E-state index in [2.05, 4.69) is 48.1 Å². The monoisotopic (exact) mass is 469 g/mol. The first-order chi connectivity index (χ1) is 15.3. The number of pyridine rings is 1. The summed E-state index contributed by atoms with van der Waals surface area (Å²) >= 11 is 12.5. The van der Waals surface area contributed by atoms with Gasteiger partial charge in [0.2, 0.25) is 0 Å². The van der Waals surface area contributed by atoms with E-state index in [9.17, 15) is 0 Å². The molecule has 0 atom stereocenters. The maximum absolute atomic E-state index is 6.24. The van der Waals surface area contributed by atoms with Gasteiger partial charge in [-0.1, -0.05) is 42.6 Å². The van der Waals surface area contributed by atoms with Gasteiger partial charge in [-0.25, -0.2) is 4.98 Å². The summed E-state index contributed by atoms with van der Waals surface area (Å²) in [5.41, 5.74) is 3.29. The molecule has 1 aliphatic heterocycles. The number of hydrogen-bond donors (Lipinski definition) is 1. The van der Waals surface area contributed by atoms with Crippen LogP contribution in [-0.2, 0) is 6.42 Å². The number of aromatic nitrogens is 1. The fourth-order valence-corrected chi connectivity index (χ4v) is 4.66. The Balaban J connectivity index is 1.57. The average molecular weight is 470 g/mol. The SMILES string of the molecule is CCCc1cc(Oc2ccc(N3CCNC(C)(C)C3)nc2)cc(-c2cc(Cl)cc(Cl)c2)c1.